The highest BCUT2D eigenvalue weighted by molar-refractivity contribution is 5.97. The number of carboxylic acids is 1. The van der Waals surface area contributed by atoms with E-state index in [-0.39, 0.29) is 24.3 Å². The van der Waals surface area contributed by atoms with E-state index in [1.807, 2.05) is 0 Å². The molecule has 2 aliphatic heterocycles. The van der Waals surface area contributed by atoms with Crippen LogP contribution in [0.2, 0.25) is 0 Å². The van der Waals surface area contributed by atoms with Gasteiger partial charge in [0, 0.05) is 46.3 Å². The number of nitrogens with zero attached hydrogens (tertiary/aromatic N) is 4. The molecule has 28 heavy (non-hydrogen) atoms. The van der Waals surface area contributed by atoms with E-state index in [1.165, 1.54) is 9.47 Å². The zero-order valence-electron chi connectivity index (χ0n) is 15.9. The van der Waals surface area contributed by atoms with Gasteiger partial charge in [0.1, 0.15) is 11.7 Å². The van der Waals surface area contributed by atoms with Crippen LogP contribution in [-0.4, -0.2) is 87.2 Å². The lowest BCUT2D eigenvalue weighted by atomic mass is 10.1. The van der Waals surface area contributed by atoms with E-state index < -0.39 is 28.6 Å². The topological polar surface area (TPSA) is 123 Å². The standard InChI is InChI=1S/C18H24N4O6/c1-19(2)13(23)5-3-6-20-7-4-8-22-12(20)10-21-9-11(18(27)28)15(24)16(25)14(21)17(22)26/h9,12,25H,3-8,10H2,1-2H3,(H,27,28). The van der Waals surface area contributed by atoms with Crippen molar-refractivity contribution in [3.63, 3.8) is 0 Å². The van der Waals surface area contributed by atoms with Crippen LogP contribution < -0.4 is 5.43 Å². The van der Waals surface area contributed by atoms with Gasteiger partial charge in [-0.15, -0.1) is 0 Å². The van der Waals surface area contributed by atoms with E-state index in [0.717, 1.165) is 19.2 Å². The number of aromatic nitrogens is 1. The fourth-order valence-corrected chi connectivity index (χ4v) is 3.79. The predicted molar refractivity (Wildman–Crippen MR) is 98.3 cm³/mol. The second-order valence-electron chi connectivity index (χ2n) is 7.29. The summed E-state index contributed by atoms with van der Waals surface area (Å²) in [7, 11) is 3.41. The highest BCUT2D eigenvalue weighted by atomic mass is 16.4. The fourth-order valence-electron chi connectivity index (χ4n) is 3.79. The number of carbonyl (C=O) groups excluding carboxylic acids is 2. The van der Waals surface area contributed by atoms with E-state index in [9.17, 15) is 29.4 Å². The Hall–Kier alpha value is -2.88. The van der Waals surface area contributed by atoms with Crippen molar-refractivity contribution in [2.45, 2.75) is 32.0 Å². The molecule has 152 valence electrons. The maximum atomic E-state index is 12.9. The fraction of sp³-hybridized carbons (Fsp3) is 0.556. The van der Waals surface area contributed by atoms with Gasteiger partial charge < -0.3 is 24.6 Å². The van der Waals surface area contributed by atoms with Gasteiger partial charge in [-0.05, 0) is 12.8 Å². The molecule has 1 atom stereocenters. The molecule has 2 N–H and O–H groups in total. The third-order valence-electron chi connectivity index (χ3n) is 5.27. The van der Waals surface area contributed by atoms with Gasteiger partial charge in [-0.2, -0.15) is 0 Å². The molecule has 1 aromatic heterocycles. The van der Waals surface area contributed by atoms with Crippen LogP contribution in [0, 0.1) is 0 Å². The van der Waals surface area contributed by atoms with Crippen LogP contribution in [0.4, 0.5) is 0 Å². The lowest BCUT2D eigenvalue weighted by Crippen LogP contribution is -2.61. The van der Waals surface area contributed by atoms with E-state index in [2.05, 4.69) is 4.90 Å². The lowest BCUT2D eigenvalue weighted by Gasteiger charge is -2.47. The Kier molecular flexibility index (Phi) is 5.41. The summed E-state index contributed by atoms with van der Waals surface area (Å²) in [5.41, 5.74) is -1.79. The van der Waals surface area contributed by atoms with Gasteiger partial charge in [0.05, 0.1) is 6.54 Å². The Morgan fingerprint density at radius 3 is 2.61 bits per heavy atom. The van der Waals surface area contributed by atoms with Crippen LogP contribution in [0.15, 0.2) is 11.0 Å². The van der Waals surface area contributed by atoms with Crippen LogP contribution in [-0.2, 0) is 11.3 Å². The molecule has 1 fully saturated rings. The van der Waals surface area contributed by atoms with Crippen molar-refractivity contribution >= 4 is 17.8 Å². The molecule has 1 aromatic rings. The molecule has 3 rings (SSSR count). The smallest absolute Gasteiger partial charge is 0.341 e. The molecule has 1 saturated heterocycles. The Bertz CT molecular complexity index is 878. The first-order valence-corrected chi connectivity index (χ1v) is 9.17. The van der Waals surface area contributed by atoms with Gasteiger partial charge in [-0.1, -0.05) is 0 Å². The van der Waals surface area contributed by atoms with Crippen molar-refractivity contribution in [2.24, 2.45) is 0 Å². The summed E-state index contributed by atoms with van der Waals surface area (Å²) in [6.07, 6.45) is 2.58. The van der Waals surface area contributed by atoms with E-state index in [4.69, 9.17) is 0 Å². The minimum absolute atomic E-state index is 0.0345. The van der Waals surface area contributed by atoms with Gasteiger partial charge in [0.2, 0.25) is 11.3 Å². The van der Waals surface area contributed by atoms with Crippen molar-refractivity contribution in [3.05, 3.63) is 27.7 Å². The Balaban J connectivity index is 1.85. The van der Waals surface area contributed by atoms with E-state index >= 15 is 0 Å². The minimum Gasteiger partial charge on any atom is -0.503 e. The molecular weight excluding hydrogens is 368 g/mol. The predicted octanol–water partition coefficient (Wildman–Crippen LogP) is -0.392. The van der Waals surface area contributed by atoms with Gasteiger partial charge >= 0.3 is 5.97 Å². The average molecular weight is 392 g/mol. The summed E-state index contributed by atoms with van der Waals surface area (Å²) in [5, 5.41) is 19.3. The molecule has 0 aromatic carbocycles. The van der Waals surface area contributed by atoms with Crippen LogP contribution in [0.5, 0.6) is 5.75 Å². The number of hydrogen-bond donors (Lipinski definition) is 2. The summed E-state index contributed by atoms with van der Waals surface area (Å²) in [6, 6.07) is 0. The minimum atomic E-state index is -1.45. The van der Waals surface area contributed by atoms with Crippen molar-refractivity contribution in [3.8, 4) is 5.75 Å². The molecule has 0 saturated carbocycles. The number of fused-ring (bicyclic) bond motifs is 2. The average Bonchev–Trinajstić information content (AvgIpc) is 2.64. The molecule has 10 heteroatoms. The summed E-state index contributed by atoms with van der Waals surface area (Å²) in [5.74, 6) is -2.73. The second-order valence-corrected chi connectivity index (χ2v) is 7.29. The quantitative estimate of drug-likeness (QED) is 0.699. The van der Waals surface area contributed by atoms with E-state index in [1.54, 1.807) is 19.0 Å². The third kappa shape index (κ3) is 3.47. The molecule has 0 radical (unpaired) electrons. The summed E-state index contributed by atoms with van der Waals surface area (Å²) >= 11 is 0. The second kappa shape index (κ2) is 7.63. The van der Waals surface area contributed by atoms with Crippen molar-refractivity contribution in [1.29, 1.82) is 0 Å². The van der Waals surface area contributed by atoms with Gasteiger partial charge in [-0.3, -0.25) is 19.3 Å². The van der Waals surface area contributed by atoms with Crippen LogP contribution >= 0.6 is 0 Å². The highest BCUT2D eigenvalue weighted by Gasteiger charge is 2.40. The Morgan fingerprint density at radius 1 is 1.25 bits per heavy atom. The number of rotatable bonds is 5. The first kappa shape index (κ1) is 19.9. The summed E-state index contributed by atoms with van der Waals surface area (Å²) in [4.78, 5) is 53.2. The maximum Gasteiger partial charge on any atom is 0.341 e. The molecule has 0 aliphatic carbocycles. The molecule has 0 spiro atoms. The number of carbonyl (C=O) groups is 3. The number of pyridine rings is 1. The maximum absolute atomic E-state index is 12.9. The molecule has 2 aliphatic rings. The Morgan fingerprint density at radius 2 is 1.96 bits per heavy atom. The normalized spacial score (nSPS) is 19.1. The number of amides is 2. The molecular formula is C18H24N4O6. The zero-order chi connectivity index (χ0) is 20.6. The molecule has 10 nitrogen and oxygen atoms in total. The number of aromatic hydroxyl groups is 1. The summed E-state index contributed by atoms with van der Waals surface area (Å²) in [6.45, 7) is 2.10. The zero-order valence-corrected chi connectivity index (χ0v) is 15.9. The van der Waals surface area contributed by atoms with Crippen LogP contribution in [0.3, 0.4) is 0 Å². The molecule has 0 bridgehead atoms. The first-order valence-electron chi connectivity index (χ1n) is 9.17. The largest absolute Gasteiger partial charge is 0.503 e. The third-order valence-corrected chi connectivity index (χ3v) is 5.27. The van der Waals surface area contributed by atoms with Gasteiger partial charge in [-0.25, -0.2) is 4.79 Å². The summed E-state index contributed by atoms with van der Waals surface area (Å²) < 4.78 is 1.35. The van der Waals surface area contributed by atoms with Gasteiger partial charge in [0.15, 0.2) is 11.4 Å². The van der Waals surface area contributed by atoms with Crippen molar-refractivity contribution in [1.82, 2.24) is 19.3 Å². The first-order chi connectivity index (χ1) is 13.2. The SMILES string of the molecule is CN(C)C(=O)CCCN1CCCN2C(=O)c3c(O)c(=O)c(C(=O)O)cn3CC12. The molecule has 2 amide bonds. The number of carboxylic acid groups (broad SMARTS) is 1. The highest BCUT2D eigenvalue weighted by Crippen LogP contribution is 2.28. The van der Waals surface area contributed by atoms with Crippen LogP contribution in [0.1, 0.15) is 40.1 Å². The lowest BCUT2D eigenvalue weighted by molar-refractivity contribution is -0.129. The molecule has 1 unspecified atom stereocenters. The Labute approximate surface area is 161 Å². The number of aromatic carboxylic acids is 1. The number of hydrogen-bond acceptors (Lipinski definition) is 6. The monoisotopic (exact) mass is 392 g/mol. The molecule has 3 heterocycles. The van der Waals surface area contributed by atoms with E-state index in [0.29, 0.717) is 25.9 Å². The van der Waals surface area contributed by atoms with Crippen molar-refractivity contribution in [2.75, 3.05) is 33.7 Å². The van der Waals surface area contributed by atoms with Crippen molar-refractivity contribution < 1.29 is 24.6 Å². The van der Waals surface area contributed by atoms with Crippen LogP contribution in [0.25, 0.3) is 0 Å². The van der Waals surface area contributed by atoms with Gasteiger partial charge in [0.25, 0.3) is 5.91 Å².